The average molecular weight is 388 g/mol. The number of halogens is 1. The Morgan fingerprint density at radius 2 is 2.33 bits per heavy atom. The quantitative estimate of drug-likeness (QED) is 0.594. The lowest BCUT2D eigenvalue weighted by Crippen LogP contribution is -2.16. The molecule has 0 aliphatic rings. The Labute approximate surface area is 139 Å². The van der Waals surface area contributed by atoms with E-state index in [0.717, 1.165) is 14.5 Å². The van der Waals surface area contributed by atoms with Gasteiger partial charge in [0.15, 0.2) is 4.34 Å². The summed E-state index contributed by atoms with van der Waals surface area (Å²) >= 11 is 6.17. The van der Waals surface area contributed by atoms with Crippen molar-refractivity contribution in [3.8, 4) is 0 Å². The van der Waals surface area contributed by atoms with Crippen LogP contribution in [0.5, 0.6) is 0 Å². The number of esters is 1. The third-order valence-electron chi connectivity index (χ3n) is 2.38. The summed E-state index contributed by atoms with van der Waals surface area (Å²) in [6, 6.07) is 7.79. The van der Waals surface area contributed by atoms with Crippen LogP contribution in [0, 0.1) is 0 Å². The number of carbonyl (C=O) groups is 1. The van der Waals surface area contributed by atoms with Crippen LogP contribution in [0.15, 0.2) is 33.1 Å². The van der Waals surface area contributed by atoms with E-state index in [4.69, 9.17) is 4.74 Å². The van der Waals surface area contributed by atoms with Gasteiger partial charge < -0.3 is 10.1 Å². The number of aromatic nitrogens is 2. The summed E-state index contributed by atoms with van der Waals surface area (Å²) in [5.74, 6) is -0.237. The standard InChI is InChI=1S/C13H14BrN3O2S2/c1-3-19-11(18)8(2)20-13-17-16-12(21-13)15-10-6-4-5-9(14)7-10/h4-8H,3H2,1-2H3,(H,15,16). The number of nitrogens with one attached hydrogen (secondary N) is 1. The molecule has 8 heteroatoms. The highest BCUT2D eigenvalue weighted by molar-refractivity contribution is 9.10. The molecule has 1 heterocycles. The molecule has 0 spiro atoms. The zero-order chi connectivity index (χ0) is 15.2. The molecule has 2 aromatic rings. The van der Waals surface area contributed by atoms with E-state index < -0.39 is 0 Å². The number of rotatable bonds is 6. The predicted molar refractivity (Wildman–Crippen MR) is 89.3 cm³/mol. The number of ether oxygens (including phenoxy) is 1. The van der Waals surface area contributed by atoms with Gasteiger partial charge in [0.25, 0.3) is 0 Å². The fourth-order valence-corrected chi connectivity index (χ4v) is 3.77. The number of nitrogens with zero attached hydrogens (tertiary/aromatic N) is 2. The van der Waals surface area contributed by atoms with Gasteiger partial charge in [-0.2, -0.15) is 0 Å². The molecule has 0 saturated heterocycles. The molecule has 0 saturated carbocycles. The van der Waals surface area contributed by atoms with E-state index >= 15 is 0 Å². The van der Waals surface area contributed by atoms with Crippen LogP contribution in [0.3, 0.4) is 0 Å². The maximum atomic E-state index is 11.6. The topological polar surface area (TPSA) is 64.1 Å². The molecule has 21 heavy (non-hydrogen) atoms. The first kappa shape index (κ1) is 16.3. The van der Waals surface area contributed by atoms with Gasteiger partial charge in [0.05, 0.1) is 6.61 Å². The minimum atomic E-state index is -0.295. The largest absolute Gasteiger partial charge is 0.465 e. The molecule has 1 atom stereocenters. The molecule has 0 aliphatic heterocycles. The molecule has 0 fully saturated rings. The summed E-state index contributed by atoms with van der Waals surface area (Å²) in [6.07, 6.45) is 0. The van der Waals surface area contributed by atoms with Crippen molar-refractivity contribution in [1.29, 1.82) is 0 Å². The molecule has 5 nitrogen and oxygen atoms in total. The van der Waals surface area contributed by atoms with Crippen molar-refractivity contribution < 1.29 is 9.53 Å². The number of benzene rings is 1. The van der Waals surface area contributed by atoms with Crippen molar-refractivity contribution in [3.05, 3.63) is 28.7 Å². The molecule has 1 N–H and O–H groups in total. The number of hydrogen-bond donors (Lipinski definition) is 1. The van der Waals surface area contributed by atoms with Crippen molar-refractivity contribution >= 4 is 55.8 Å². The van der Waals surface area contributed by atoms with Crippen LogP contribution in [0.2, 0.25) is 0 Å². The minimum absolute atomic E-state index is 0.237. The SMILES string of the molecule is CCOC(=O)C(C)Sc1nnc(Nc2cccc(Br)c2)s1. The van der Waals surface area contributed by atoms with Crippen LogP contribution >= 0.6 is 39.0 Å². The van der Waals surface area contributed by atoms with E-state index in [1.165, 1.54) is 23.1 Å². The first-order valence-corrected chi connectivity index (χ1v) is 8.76. The van der Waals surface area contributed by atoms with Crippen LogP contribution in [0.1, 0.15) is 13.8 Å². The second kappa shape index (κ2) is 7.77. The Hall–Kier alpha value is -1.12. The van der Waals surface area contributed by atoms with Gasteiger partial charge >= 0.3 is 5.97 Å². The molecule has 1 unspecified atom stereocenters. The van der Waals surface area contributed by atoms with Crippen LogP contribution in [0.25, 0.3) is 0 Å². The van der Waals surface area contributed by atoms with Crippen LogP contribution in [-0.2, 0) is 9.53 Å². The van der Waals surface area contributed by atoms with E-state index in [9.17, 15) is 4.79 Å². The summed E-state index contributed by atoms with van der Waals surface area (Å²) in [5, 5.41) is 11.7. The first-order chi connectivity index (χ1) is 10.1. The third-order valence-corrected chi connectivity index (χ3v) is 4.87. The fourth-order valence-electron chi connectivity index (χ4n) is 1.46. The van der Waals surface area contributed by atoms with Gasteiger partial charge in [0.2, 0.25) is 5.13 Å². The van der Waals surface area contributed by atoms with E-state index in [2.05, 4.69) is 31.4 Å². The molecule has 0 radical (unpaired) electrons. The summed E-state index contributed by atoms with van der Waals surface area (Å²) in [5.41, 5.74) is 0.926. The molecule has 0 aliphatic carbocycles. The number of thioether (sulfide) groups is 1. The number of anilines is 2. The van der Waals surface area contributed by atoms with Gasteiger partial charge in [-0.05, 0) is 32.0 Å². The van der Waals surface area contributed by atoms with Gasteiger partial charge in [-0.3, -0.25) is 4.79 Å². The predicted octanol–water partition coefficient (Wildman–Crippen LogP) is 4.09. The zero-order valence-electron chi connectivity index (χ0n) is 11.5. The highest BCUT2D eigenvalue weighted by Gasteiger charge is 2.18. The summed E-state index contributed by atoms with van der Waals surface area (Å²) in [7, 11) is 0. The Morgan fingerprint density at radius 1 is 1.52 bits per heavy atom. The molecular weight excluding hydrogens is 374 g/mol. The average Bonchev–Trinajstić information content (AvgIpc) is 2.86. The Bertz CT molecular complexity index is 621. The second-order valence-corrected chi connectivity index (χ2v) is 7.50. The maximum Gasteiger partial charge on any atom is 0.319 e. The van der Waals surface area contributed by atoms with Crippen molar-refractivity contribution in [2.24, 2.45) is 0 Å². The third kappa shape index (κ3) is 4.98. The Balaban J connectivity index is 1.96. The van der Waals surface area contributed by atoms with Crippen molar-refractivity contribution in [2.45, 2.75) is 23.4 Å². The number of hydrogen-bond acceptors (Lipinski definition) is 7. The summed E-state index contributed by atoms with van der Waals surface area (Å²) in [4.78, 5) is 11.6. The van der Waals surface area contributed by atoms with Crippen LogP contribution in [0.4, 0.5) is 10.8 Å². The normalized spacial score (nSPS) is 12.0. The Morgan fingerprint density at radius 3 is 3.05 bits per heavy atom. The molecule has 1 aromatic heterocycles. The highest BCUT2D eigenvalue weighted by atomic mass is 79.9. The minimum Gasteiger partial charge on any atom is -0.465 e. The van der Waals surface area contributed by atoms with Crippen molar-refractivity contribution in [3.63, 3.8) is 0 Å². The number of carbonyl (C=O) groups excluding carboxylic acids is 1. The van der Waals surface area contributed by atoms with E-state index in [1.54, 1.807) is 13.8 Å². The first-order valence-electron chi connectivity index (χ1n) is 6.28. The monoisotopic (exact) mass is 387 g/mol. The molecule has 1 aromatic carbocycles. The van der Waals surface area contributed by atoms with Crippen LogP contribution in [-0.4, -0.2) is 28.0 Å². The summed E-state index contributed by atoms with van der Waals surface area (Å²) < 4.78 is 6.69. The molecule has 2 rings (SSSR count). The van der Waals surface area contributed by atoms with Gasteiger partial charge in [0, 0.05) is 10.2 Å². The highest BCUT2D eigenvalue weighted by Crippen LogP contribution is 2.31. The molecule has 0 bridgehead atoms. The van der Waals surface area contributed by atoms with Gasteiger partial charge in [0.1, 0.15) is 5.25 Å². The maximum absolute atomic E-state index is 11.6. The van der Waals surface area contributed by atoms with Crippen molar-refractivity contribution in [1.82, 2.24) is 10.2 Å². The smallest absolute Gasteiger partial charge is 0.319 e. The van der Waals surface area contributed by atoms with Gasteiger partial charge in [-0.15, -0.1) is 10.2 Å². The van der Waals surface area contributed by atoms with Crippen LogP contribution < -0.4 is 5.32 Å². The lowest BCUT2D eigenvalue weighted by atomic mass is 10.3. The molecular formula is C13H14BrN3O2S2. The van der Waals surface area contributed by atoms with E-state index in [1.807, 2.05) is 24.3 Å². The van der Waals surface area contributed by atoms with E-state index in [-0.39, 0.29) is 11.2 Å². The molecule has 0 amide bonds. The lowest BCUT2D eigenvalue weighted by Gasteiger charge is -2.06. The fraction of sp³-hybridized carbons (Fsp3) is 0.308. The second-order valence-electron chi connectivity index (χ2n) is 4.02. The Kier molecular flexibility index (Phi) is 6.01. The lowest BCUT2D eigenvalue weighted by molar-refractivity contribution is -0.142. The van der Waals surface area contributed by atoms with Crippen molar-refractivity contribution in [2.75, 3.05) is 11.9 Å². The zero-order valence-corrected chi connectivity index (χ0v) is 14.7. The summed E-state index contributed by atoms with van der Waals surface area (Å²) in [6.45, 7) is 3.97. The van der Waals surface area contributed by atoms with Gasteiger partial charge in [-0.25, -0.2) is 0 Å². The van der Waals surface area contributed by atoms with Gasteiger partial charge in [-0.1, -0.05) is 45.1 Å². The molecule has 112 valence electrons. The van der Waals surface area contributed by atoms with E-state index in [0.29, 0.717) is 11.7 Å².